The third-order valence-electron chi connectivity index (χ3n) is 3.93. The van der Waals surface area contributed by atoms with Gasteiger partial charge in [-0.3, -0.25) is 0 Å². The quantitative estimate of drug-likeness (QED) is 0.337. The van der Waals surface area contributed by atoms with E-state index in [1.54, 1.807) is 7.76 Å². The molecular formula is C17H24Cl2NSiTi. The van der Waals surface area contributed by atoms with Gasteiger partial charge in [-0.2, -0.15) is 0 Å². The maximum Gasteiger partial charge on any atom is -1.00 e. The summed E-state index contributed by atoms with van der Waals surface area (Å²) in [6.45, 7) is 11.5. The van der Waals surface area contributed by atoms with Crippen molar-refractivity contribution in [3.8, 4) is 0 Å². The summed E-state index contributed by atoms with van der Waals surface area (Å²) in [4.78, 5) is 0. The van der Waals surface area contributed by atoms with Gasteiger partial charge in [0.1, 0.15) is 0 Å². The van der Waals surface area contributed by atoms with E-state index in [2.05, 4.69) is 60.7 Å². The maximum absolute atomic E-state index is 3.93. The standard InChI is InChI=1S/C7H14NSi.2C5H5.2ClH.Ti/c1-4-6-8(9-3)7-5-2;2*1-2-4-5-3-1;;;/h4-5,9H,1-2,6-7H2,3H3;2*1-3H,4H2;2*1H;/q;;;;;+2/p-2. The monoisotopic (exact) mass is 388 g/mol. The first-order valence-electron chi connectivity index (χ1n) is 7.32. The molecule has 0 N–H and O–H groups in total. The zero-order valence-electron chi connectivity index (χ0n) is 13.1. The predicted octanol–water partition coefficient (Wildman–Crippen LogP) is -2.18. The molecule has 0 aliphatic heterocycles. The summed E-state index contributed by atoms with van der Waals surface area (Å²) in [5, 5.41) is 0. The SMILES string of the molecule is C=CCN(CC=C)[SiH](C)[Ti+2]([C]1=CC=CC1)[C]1=CC=CC1.[Cl-].[Cl-]. The van der Waals surface area contributed by atoms with Crippen LogP contribution in [0.5, 0.6) is 0 Å². The molecule has 0 saturated carbocycles. The first-order chi connectivity index (χ1) is 9.77. The van der Waals surface area contributed by atoms with Crippen LogP contribution in [-0.4, -0.2) is 24.5 Å². The second kappa shape index (κ2) is 11.4. The van der Waals surface area contributed by atoms with Crippen molar-refractivity contribution in [2.45, 2.75) is 19.4 Å². The number of hydrogen-bond acceptors (Lipinski definition) is 1. The van der Waals surface area contributed by atoms with Gasteiger partial charge in [-0.05, 0) is 0 Å². The number of halogens is 2. The van der Waals surface area contributed by atoms with Crippen molar-refractivity contribution >= 4 is 6.82 Å². The van der Waals surface area contributed by atoms with Crippen LogP contribution in [0.15, 0.2) is 69.5 Å². The molecule has 0 saturated heterocycles. The van der Waals surface area contributed by atoms with Crippen LogP contribution in [0.25, 0.3) is 0 Å². The number of rotatable bonds is 8. The van der Waals surface area contributed by atoms with Gasteiger partial charge in [0.15, 0.2) is 0 Å². The van der Waals surface area contributed by atoms with Crippen molar-refractivity contribution in [1.82, 2.24) is 4.57 Å². The minimum Gasteiger partial charge on any atom is -1.00 e. The molecule has 5 heteroatoms. The molecule has 0 heterocycles. The fraction of sp³-hybridized carbons (Fsp3) is 0.294. The molecule has 1 atom stereocenters. The fourth-order valence-corrected chi connectivity index (χ4v) is 17.4. The largest absolute Gasteiger partial charge is 1.00 e. The Morgan fingerprint density at radius 1 is 1.05 bits per heavy atom. The van der Waals surface area contributed by atoms with Crippen molar-refractivity contribution in [1.29, 1.82) is 0 Å². The number of nitrogens with zero attached hydrogens (tertiary/aromatic N) is 1. The van der Waals surface area contributed by atoms with E-state index in [4.69, 9.17) is 0 Å². The van der Waals surface area contributed by atoms with Crippen LogP contribution in [0.4, 0.5) is 0 Å². The minimum atomic E-state index is -1.31. The van der Waals surface area contributed by atoms with Gasteiger partial charge < -0.3 is 24.8 Å². The Hall–Kier alpha value is -0.0888. The van der Waals surface area contributed by atoms with Gasteiger partial charge in [-0.1, -0.05) is 0 Å². The molecule has 119 valence electrons. The van der Waals surface area contributed by atoms with E-state index in [-0.39, 0.29) is 24.8 Å². The van der Waals surface area contributed by atoms with Gasteiger partial charge in [0.25, 0.3) is 0 Å². The summed E-state index contributed by atoms with van der Waals surface area (Å²) in [6, 6.07) is 0. The second-order valence-corrected chi connectivity index (χ2v) is 16.9. The van der Waals surface area contributed by atoms with E-state index in [0.29, 0.717) is 0 Å². The first-order valence-corrected chi connectivity index (χ1v) is 13.8. The van der Waals surface area contributed by atoms with Crippen LogP contribution < -0.4 is 24.8 Å². The Morgan fingerprint density at radius 3 is 1.82 bits per heavy atom. The summed E-state index contributed by atoms with van der Waals surface area (Å²) in [5.41, 5.74) is 0. The van der Waals surface area contributed by atoms with E-state index in [0.717, 1.165) is 13.1 Å². The third-order valence-corrected chi connectivity index (χ3v) is 18.3. The summed E-state index contributed by atoms with van der Waals surface area (Å²) < 4.78 is 6.18. The van der Waals surface area contributed by atoms with E-state index in [9.17, 15) is 0 Å². The van der Waals surface area contributed by atoms with Crippen LogP contribution in [-0.2, 0) is 17.1 Å². The van der Waals surface area contributed by atoms with Crippen LogP contribution in [0.1, 0.15) is 12.8 Å². The predicted molar refractivity (Wildman–Crippen MR) is 88.7 cm³/mol. The van der Waals surface area contributed by atoms with Gasteiger partial charge in [0.2, 0.25) is 0 Å². The Morgan fingerprint density at radius 2 is 1.50 bits per heavy atom. The molecule has 22 heavy (non-hydrogen) atoms. The second-order valence-electron chi connectivity index (χ2n) is 5.27. The van der Waals surface area contributed by atoms with Crippen LogP contribution in [0, 0.1) is 0 Å². The molecule has 0 fully saturated rings. The average molecular weight is 389 g/mol. The molecule has 0 amide bonds. The van der Waals surface area contributed by atoms with Crippen molar-refractivity contribution in [2.24, 2.45) is 0 Å². The van der Waals surface area contributed by atoms with Crippen LogP contribution >= 0.6 is 0 Å². The summed E-state index contributed by atoms with van der Waals surface area (Å²) in [6.07, 6.45) is 20.4. The van der Waals surface area contributed by atoms with E-state index in [1.165, 1.54) is 12.8 Å². The molecule has 2 rings (SSSR count). The molecule has 0 bridgehead atoms. The van der Waals surface area contributed by atoms with Crippen molar-refractivity contribution in [2.75, 3.05) is 13.1 Å². The maximum atomic E-state index is 3.93. The molecule has 1 unspecified atom stereocenters. The first kappa shape index (κ1) is 21.9. The molecular weight excluding hydrogens is 365 g/mol. The molecule has 0 radical (unpaired) electrons. The molecule has 0 aromatic rings. The van der Waals surface area contributed by atoms with Crippen molar-refractivity contribution in [3.05, 3.63) is 69.5 Å². The third kappa shape index (κ3) is 5.52. The van der Waals surface area contributed by atoms with Gasteiger partial charge in [-0.15, -0.1) is 0 Å². The molecule has 0 aromatic heterocycles. The van der Waals surface area contributed by atoms with E-state index >= 15 is 0 Å². The fourth-order valence-electron chi connectivity index (χ4n) is 2.94. The summed E-state index contributed by atoms with van der Waals surface area (Å²) in [5.74, 6) is 0. The molecule has 0 spiro atoms. The zero-order chi connectivity index (χ0) is 14.4. The minimum absolute atomic E-state index is 0. The Labute approximate surface area is 154 Å². The Balaban J connectivity index is 0.00000220. The Bertz CT molecular complexity index is 457. The number of hydrogen-bond donors (Lipinski definition) is 0. The topological polar surface area (TPSA) is 3.24 Å². The number of allylic oxidation sites excluding steroid dienone is 8. The van der Waals surface area contributed by atoms with E-state index < -0.39 is 24.0 Å². The van der Waals surface area contributed by atoms with Gasteiger partial charge in [0.05, 0.1) is 0 Å². The van der Waals surface area contributed by atoms with Crippen LogP contribution in [0.2, 0.25) is 6.55 Å². The molecule has 0 aromatic carbocycles. The Kier molecular flexibility index (Phi) is 11.4. The smallest absolute Gasteiger partial charge is 1.00 e. The average Bonchev–Trinajstić information content (AvgIpc) is 3.12. The summed E-state index contributed by atoms with van der Waals surface area (Å²) in [7, 11) is 0. The zero-order valence-corrected chi connectivity index (χ0v) is 17.4. The van der Waals surface area contributed by atoms with Gasteiger partial charge in [0, 0.05) is 0 Å². The van der Waals surface area contributed by atoms with Crippen molar-refractivity contribution in [3.63, 3.8) is 0 Å². The molecule has 1 nitrogen and oxygen atoms in total. The molecule has 2 aliphatic rings. The van der Waals surface area contributed by atoms with Crippen molar-refractivity contribution < 1.29 is 41.9 Å². The molecule has 2 aliphatic carbocycles. The normalized spacial score (nSPS) is 16.5. The van der Waals surface area contributed by atoms with Crippen LogP contribution in [0.3, 0.4) is 0 Å². The van der Waals surface area contributed by atoms with E-state index in [1.807, 2.05) is 12.2 Å². The van der Waals surface area contributed by atoms with Gasteiger partial charge in [-0.25, -0.2) is 0 Å². The summed E-state index contributed by atoms with van der Waals surface area (Å²) >= 11 is -1.31. The van der Waals surface area contributed by atoms with Gasteiger partial charge >= 0.3 is 131 Å².